The number of nitrogens with zero attached hydrogens (tertiary/aromatic N) is 1. The van der Waals surface area contributed by atoms with Gasteiger partial charge in [0, 0.05) is 6.04 Å². The van der Waals surface area contributed by atoms with Gasteiger partial charge in [-0.15, -0.1) is 0 Å². The van der Waals surface area contributed by atoms with Crippen LogP contribution >= 0.6 is 0 Å². The second kappa shape index (κ2) is 7.12. The van der Waals surface area contributed by atoms with Crippen molar-refractivity contribution in [3.05, 3.63) is 0 Å². The van der Waals surface area contributed by atoms with Crippen molar-refractivity contribution in [3.8, 4) is 0 Å². The van der Waals surface area contributed by atoms with Gasteiger partial charge in [0.05, 0.1) is 6.54 Å². The first-order chi connectivity index (χ1) is 7.24. The van der Waals surface area contributed by atoms with E-state index in [1.165, 1.54) is 19.3 Å². The Labute approximate surface area is 90.8 Å². The van der Waals surface area contributed by atoms with Crippen LogP contribution in [0.4, 0.5) is 8.78 Å². The van der Waals surface area contributed by atoms with Gasteiger partial charge in [-0.2, -0.15) is 0 Å². The Morgan fingerprint density at radius 1 is 1.20 bits per heavy atom. The van der Waals surface area contributed by atoms with Gasteiger partial charge in [-0.3, -0.25) is 4.90 Å². The van der Waals surface area contributed by atoms with Gasteiger partial charge in [-0.1, -0.05) is 19.3 Å². The summed E-state index contributed by atoms with van der Waals surface area (Å²) in [5.41, 5.74) is 5.42. The minimum Gasteiger partial charge on any atom is -0.330 e. The highest BCUT2D eigenvalue weighted by molar-refractivity contribution is 4.76. The zero-order chi connectivity index (χ0) is 11.1. The highest BCUT2D eigenvalue weighted by atomic mass is 19.3. The van der Waals surface area contributed by atoms with E-state index in [1.54, 1.807) is 0 Å². The lowest BCUT2D eigenvalue weighted by Gasteiger charge is -2.34. The first-order valence-corrected chi connectivity index (χ1v) is 5.96. The van der Waals surface area contributed by atoms with E-state index in [2.05, 4.69) is 0 Å². The molecule has 1 rings (SSSR count). The van der Waals surface area contributed by atoms with Gasteiger partial charge >= 0.3 is 0 Å². The molecule has 0 saturated heterocycles. The number of rotatable bonds is 6. The maximum Gasteiger partial charge on any atom is 0.251 e. The van der Waals surface area contributed by atoms with E-state index in [9.17, 15) is 8.78 Å². The van der Waals surface area contributed by atoms with Crippen molar-refractivity contribution in [1.82, 2.24) is 4.90 Å². The fraction of sp³-hybridized carbons (Fsp3) is 1.00. The average Bonchev–Trinajstić information content (AvgIpc) is 2.25. The molecule has 0 atom stereocenters. The number of alkyl halides is 2. The van der Waals surface area contributed by atoms with Crippen molar-refractivity contribution in [3.63, 3.8) is 0 Å². The van der Waals surface area contributed by atoms with Gasteiger partial charge in [0.25, 0.3) is 6.43 Å². The highest BCUT2D eigenvalue weighted by Gasteiger charge is 2.22. The Hall–Kier alpha value is -0.220. The quantitative estimate of drug-likeness (QED) is 0.743. The predicted octanol–water partition coefficient (Wildman–Crippen LogP) is 2.24. The molecular formula is C11H22F2N2. The monoisotopic (exact) mass is 220 g/mol. The van der Waals surface area contributed by atoms with E-state index in [0.717, 1.165) is 25.8 Å². The summed E-state index contributed by atoms with van der Waals surface area (Å²) in [4.78, 5) is 1.94. The van der Waals surface area contributed by atoms with Crippen molar-refractivity contribution in [2.75, 3.05) is 19.6 Å². The lowest BCUT2D eigenvalue weighted by molar-refractivity contribution is 0.0540. The number of halogens is 2. The van der Waals surface area contributed by atoms with Gasteiger partial charge < -0.3 is 5.73 Å². The minimum absolute atomic E-state index is 0.0787. The van der Waals surface area contributed by atoms with E-state index in [1.807, 2.05) is 4.90 Å². The largest absolute Gasteiger partial charge is 0.330 e. The fourth-order valence-electron chi connectivity index (χ4n) is 2.34. The zero-order valence-corrected chi connectivity index (χ0v) is 9.30. The van der Waals surface area contributed by atoms with Crippen LogP contribution < -0.4 is 5.73 Å². The molecule has 0 amide bonds. The first kappa shape index (κ1) is 12.8. The minimum atomic E-state index is -2.22. The van der Waals surface area contributed by atoms with Gasteiger partial charge in [0.2, 0.25) is 0 Å². The molecule has 15 heavy (non-hydrogen) atoms. The molecule has 4 heteroatoms. The molecule has 90 valence electrons. The summed E-state index contributed by atoms with van der Waals surface area (Å²) >= 11 is 0. The zero-order valence-electron chi connectivity index (χ0n) is 9.30. The molecule has 0 aliphatic heterocycles. The third-order valence-electron chi connectivity index (χ3n) is 3.11. The Balaban J connectivity index is 2.37. The third kappa shape index (κ3) is 4.89. The molecule has 0 radical (unpaired) electrons. The molecule has 0 aromatic carbocycles. The van der Waals surface area contributed by atoms with Crippen LogP contribution in [0.25, 0.3) is 0 Å². The lowest BCUT2D eigenvalue weighted by atomic mass is 9.94. The molecule has 1 aliphatic carbocycles. The summed E-state index contributed by atoms with van der Waals surface area (Å²) in [5, 5.41) is 0. The molecule has 2 N–H and O–H groups in total. The van der Waals surface area contributed by atoms with Crippen LogP contribution in [0, 0.1) is 0 Å². The van der Waals surface area contributed by atoms with E-state index in [-0.39, 0.29) is 6.54 Å². The SMILES string of the molecule is NCCCN(CC(F)F)C1CCCCC1. The molecular weight excluding hydrogens is 198 g/mol. The summed E-state index contributed by atoms with van der Waals surface area (Å²) in [6.07, 6.45) is 4.40. The van der Waals surface area contributed by atoms with Crippen molar-refractivity contribution >= 4 is 0 Å². The van der Waals surface area contributed by atoms with Crippen molar-refractivity contribution in [1.29, 1.82) is 0 Å². The lowest BCUT2D eigenvalue weighted by Crippen LogP contribution is -2.41. The predicted molar refractivity (Wildman–Crippen MR) is 58.1 cm³/mol. The van der Waals surface area contributed by atoms with E-state index in [0.29, 0.717) is 12.6 Å². The molecule has 0 aromatic heterocycles. The second-order valence-corrected chi connectivity index (χ2v) is 4.32. The average molecular weight is 220 g/mol. The maximum absolute atomic E-state index is 12.4. The second-order valence-electron chi connectivity index (χ2n) is 4.32. The Morgan fingerprint density at radius 3 is 2.40 bits per heavy atom. The molecule has 1 fully saturated rings. The molecule has 2 nitrogen and oxygen atoms in total. The smallest absolute Gasteiger partial charge is 0.251 e. The maximum atomic E-state index is 12.4. The summed E-state index contributed by atoms with van der Waals surface area (Å²) in [5.74, 6) is 0. The number of hydrogen-bond donors (Lipinski definition) is 1. The molecule has 0 unspecified atom stereocenters. The fourth-order valence-corrected chi connectivity index (χ4v) is 2.34. The normalized spacial score (nSPS) is 19.0. The summed E-state index contributed by atoms with van der Waals surface area (Å²) < 4.78 is 24.8. The molecule has 0 bridgehead atoms. The highest BCUT2D eigenvalue weighted by Crippen LogP contribution is 2.23. The van der Waals surface area contributed by atoms with Crippen LogP contribution in [0.2, 0.25) is 0 Å². The van der Waals surface area contributed by atoms with E-state index < -0.39 is 6.43 Å². The van der Waals surface area contributed by atoms with Crippen LogP contribution in [0.1, 0.15) is 38.5 Å². The Bertz CT molecular complexity index is 159. The topological polar surface area (TPSA) is 29.3 Å². The summed E-state index contributed by atoms with van der Waals surface area (Å²) in [6.45, 7) is 1.24. The van der Waals surface area contributed by atoms with Crippen LogP contribution in [-0.2, 0) is 0 Å². The molecule has 0 spiro atoms. The molecule has 0 aromatic rings. The first-order valence-electron chi connectivity index (χ1n) is 5.96. The van der Waals surface area contributed by atoms with Crippen LogP contribution in [0.5, 0.6) is 0 Å². The van der Waals surface area contributed by atoms with Crippen molar-refractivity contribution in [2.24, 2.45) is 5.73 Å². The van der Waals surface area contributed by atoms with Gasteiger partial charge in [0.1, 0.15) is 0 Å². The molecule has 1 aliphatic rings. The summed E-state index contributed by atoms with van der Waals surface area (Å²) in [6, 6.07) is 0.374. The van der Waals surface area contributed by atoms with Crippen LogP contribution in [0.3, 0.4) is 0 Å². The molecule has 0 heterocycles. The number of nitrogens with two attached hydrogens (primary N) is 1. The number of hydrogen-bond acceptors (Lipinski definition) is 2. The van der Waals surface area contributed by atoms with E-state index >= 15 is 0 Å². The van der Waals surface area contributed by atoms with Gasteiger partial charge in [-0.05, 0) is 32.4 Å². The van der Waals surface area contributed by atoms with Gasteiger partial charge in [0.15, 0.2) is 0 Å². The van der Waals surface area contributed by atoms with E-state index in [4.69, 9.17) is 5.73 Å². The molecule has 1 saturated carbocycles. The van der Waals surface area contributed by atoms with Gasteiger partial charge in [-0.25, -0.2) is 8.78 Å². The Kier molecular flexibility index (Phi) is 6.10. The summed E-state index contributed by atoms with van der Waals surface area (Å²) in [7, 11) is 0. The van der Waals surface area contributed by atoms with Crippen molar-refractivity contribution in [2.45, 2.75) is 51.0 Å². The third-order valence-corrected chi connectivity index (χ3v) is 3.11. The Morgan fingerprint density at radius 2 is 1.87 bits per heavy atom. The van der Waals surface area contributed by atoms with Crippen molar-refractivity contribution < 1.29 is 8.78 Å². The standard InChI is InChI=1S/C11H22F2N2/c12-11(13)9-15(8-4-7-14)10-5-2-1-3-6-10/h10-11H,1-9,14H2. The van der Waals surface area contributed by atoms with Crippen LogP contribution in [0.15, 0.2) is 0 Å². The van der Waals surface area contributed by atoms with Crippen LogP contribution in [-0.4, -0.2) is 37.0 Å².